The number of fused-ring (bicyclic) bond motifs is 1. The van der Waals surface area contributed by atoms with Gasteiger partial charge < -0.3 is 14.6 Å². The van der Waals surface area contributed by atoms with Crippen molar-refractivity contribution in [2.45, 2.75) is 32.9 Å². The van der Waals surface area contributed by atoms with Gasteiger partial charge in [-0.05, 0) is 62.7 Å². The largest absolute Gasteiger partial charge is 0.497 e. The van der Waals surface area contributed by atoms with Gasteiger partial charge in [0.2, 0.25) is 5.91 Å². The van der Waals surface area contributed by atoms with E-state index in [4.69, 9.17) is 9.72 Å². The molecule has 0 saturated carbocycles. The predicted octanol–water partition coefficient (Wildman–Crippen LogP) is 3.92. The highest BCUT2D eigenvalue weighted by atomic mass is 16.5. The van der Waals surface area contributed by atoms with E-state index in [0.717, 1.165) is 61.8 Å². The highest BCUT2D eigenvalue weighted by molar-refractivity contribution is 5.92. The molecule has 0 spiro atoms. The number of amides is 1. The van der Waals surface area contributed by atoms with Gasteiger partial charge in [0, 0.05) is 18.8 Å². The van der Waals surface area contributed by atoms with Crippen molar-refractivity contribution in [3.05, 3.63) is 54.4 Å². The summed E-state index contributed by atoms with van der Waals surface area (Å²) in [6.45, 7) is 5.58. The lowest BCUT2D eigenvalue weighted by atomic mass is 9.97. The predicted molar refractivity (Wildman–Crippen MR) is 115 cm³/mol. The summed E-state index contributed by atoms with van der Waals surface area (Å²) in [7, 11) is 1.64. The van der Waals surface area contributed by atoms with Crippen LogP contribution in [0.25, 0.3) is 11.0 Å². The van der Waals surface area contributed by atoms with Gasteiger partial charge in [0.1, 0.15) is 11.6 Å². The third kappa shape index (κ3) is 4.27. The molecular formula is C23H28N4O2. The van der Waals surface area contributed by atoms with Crippen LogP contribution < -0.4 is 10.1 Å². The second kappa shape index (κ2) is 8.66. The van der Waals surface area contributed by atoms with Crippen LogP contribution in [0.5, 0.6) is 5.75 Å². The standard InChI is InChI=1S/C23H28N4O2/c1-3-27-21-9-5-4-8-20(21)25-22(27)16-26-14-6-7-17(15-26)23(28)24-18-10-12-19(29-2)13-11-18/h4-5,8-13,17H,3,6-7,14-16H2,1-2H3,(H,24,28)/t17-/m1/s1. The smallest absolute Gasteiger partial charge is 0.228 e. The molecule has 4 rings (SSSR count). The number of anilines is 1. The molecule has 1 N–H and O–H groups in total. The first-order valence-electron chi connectivity index (χ1n) is 10.3. The maximum atomic E-state index is 12.8. The molecule has 1 aliphatic heterocycles. The first kappa shape index (κ1) is 19.5. The summed E-state index contributed by atoms with van der Waals surface area (Å²) >= 11 is 0. The molecule has 2 aromatic carbocycles. The zero-order valence-corrected chi connectivity index (χ0v) is 17.1. The van der Waals surface area contributed by atoms with Crippen LogP contribution >= 0.6 is 0 Å². The molecule has 3 aromatic rings. The van der Waals surface area contributed by atoms with Gasteiger partial charge in [0.15, 0.2) is 0 Å². The van der Waals surface area contributed by atoms with Gasteiger partial charge in [-0.25, -0.2) is 4.98 Å². The van der Waals surface area contributed by atoms with Crippen molar-refractivity contribution in [3.63, 3.8) is 0 Å². The lowest BCUT2D eigenvalue weighted by Crippen LogP contribution is -2.40. The van der Waals surface area contributed by atoms with E-state index in [1.54, 1.807) is 7.11 Å². The minimum absolute atomic E-state index is 0.00898. The van der Waals surface area contributed by atoms with Gasteiger partial charge in [0.05, 0.1) is 30.6 Å². The Morgan fingerprint density at radius 1 is 1.21 bits per heavy atom. The van der Waals surface area contributed by atoms with Gasteiger partial charge >= 0.3 is 0 Å². The molecule has 1 aliphatic rings. The Kier molecular flexibility index (Phi) is 5.81. The van der Waals surface area contributed by atoms with Crippen molar-refractivity contribution in [1.29, 1.82) is 0 Å². The van der Waals surface area contributed by atoms with Crippen LogP contribution in [0.2, 0.25) is 0 Å². The molecule has 1 saturated heterocycles. The molecule has 0 radical (unpaired) electrons. The van der Waals surface area contributed by atoms with E-state index in [1.807, 2.05) is 30.3 Å². The summed E-state index contributed by atoms with van der Waals surface area (Å²) in [6, 6.07) is 15.7. The average molecular weight is 393 g/mol. The second-order valence-corrected chi connectivity index (χ2v) is 7.55. The Hall–Kier alpha value is -2.86. The van der Waals surface area contributed by atoms with Crippen molar-refractivity contribution in [3.8, 4) is 5.75 Å². The number of hydrogen-bond acceptors (Lipinski definition) is 4. The molecule has 2 heterocycles. The number of carbonyl (C=O) groups excluding carboxylic acids is 1. The van der Waals surface area contributed by atoms with E-state index in [9.17, 15) is 4.79 Å². The van der Waals surface area contributed by atoms with Crippen LogP contribution in [0.1, 0.15) is 25.6 Å². The molecule has 1 atom stereocenters. The van der Waals surface area contributed by atoms with E-state index in [-0.39, 0.29) is 11.8 Å². The number of likely N-dealkylation sites (tertiary alicyclic amines) is 1. The summed E-state index contributed by atoms with van der Waals surface area (Å²) in [5, 5.41) is 3.05. The number of rotatable bonds is 6. The van der Waals surface area contributed by atoms with Crippen molar-refractivity contribution in [1.82, 2.24) is 14.5 Å². The number of aromatic nitrogens is 2. The van der Waals surface area contributed by atoms with Crippen molar-refractivity contribution in [2.75, 3.05) is 25.5 Å². The van der Waals surface area contributed by atoms with Crippen LogP contribution in [0, 0.1) is 5.92 Å². The van der Waals surface area contributed by atoms with Crippen LogP contribution in [0.4, 0.5) is 5.69 Å². The highest BCUT2D eigenvalue weighted by Crippen LogP contribution is 2.23. The van der Waals surface area contributed by atoms with Gasteiger partial charge in [-0.2, -0.15) is 0 Å². The number of benzene rings is 2. The Morgan fingerprint density at radius 3 is 2.76 bits per heavy atom. The molecule has 29 heavy (non-hydrogen) atoms. The number of methoxy groups -OCH3 is 1. The van der Waals surface area contributed by atoms with Crippen molar-refractivity contribution >= 4 is 22.6 Å². The van der Waals surface area contributed by atoms with Crippen LogP contribution in [0.3, 0.4) is 0 Å². The summed E-state index contributed by atoms with van der Waals surface area (Å²) in [5.41, 5.74) is 3.02. The van der Waals surface area contributed by atoms with Gasteiger partial charge in [0.25, 0.3) is 0 Å². The summed E-state index contributed by atoms with van der Waals surface area (Å²) < 4.78 is 7.45. The second-order valence-electron chi connectivity index (χ2n) is 7.55. The van der Waals surface area contributed by atoms with E-state index >= 15 is 0 Å². The lowest BCUT2D eigenvalue weighted by Gasteiger charge is -2.31. The summed E-state index contributed by atoms with van der Waals surface area (Å²) in [6.07, 6.45) is 1.94. The lowest BCUT2D eigenvalue weighted by molar-refractivity contribution is -0.121. The molecule has 0 unspecified atom stereocenters. The normalized spacial score (nSPS) is 17.4. The monoisotopic (exact) mass is 392 g/mol. The zero-order chi connectivity index (χ0) is 20.2. The fourth-order valence-corrected chi connectivity index (χ4v) is 4.13. The number of aryl methyl sites for hydroxylation is 1. The number of nitrogens with zero attached hydrogens (tertiary/aromatic N) is 3. The Balaban J connectivity index is 1.42. The SMILES string of the molecule is CCn1c(CN2CCC[C@@H](C(=O)Nc3ccc(OC)cc3)C2)nc2ccccc21. The molecule has 0 bridgehead atoms. The van der Waals surface area contributed by atoms with E-state index in [1.165, 1.54) is 5.52 Å². The maximum Gasteiger partial charge on any atom is 0.228 e. The average Bonchev–Trinajstić information content (AvgIpc) is 3.11. The Morgan fingerprint density at radius 2 is 2.00 bits per heavy atom. The Labute approximate surface area is 171 Å². The third-order valence-corrected chi connectivity index (χ3v) is 5.65. The number of hydrogen-bond donors (Lipinski definition) is 1. The van der Waals surface area contributed by atoms with Crippen LogP contribution in [-0.4, -0.2) is 40.6 Å². The zero-order valence-electron chi connectivity index (χ0n) is 17.1. The highest BCUT2D eigenvalue weighted by Gasteiger charge is 2.27. The number of imidazole rings is 1. The third-order valence-electron chi connectivity index (χ3n) is 5.65. The minimum atomic E-state index is -0.00898. The topological polar surface area (TPSA) is 59.4 Å². The molecule has 0 aliphatic carbocycles. The number of carbonyl (C=O) groups is 1. The number of ether oxygens (including phenoxy) is 1. The van der Waals surface area contributed by atoms with E-state index in [2.05, 4.69) is 39.9 Å². The quantitative estimate of drug-likeness (QED) is 0.691. The first-order chi connectivity index (χ1) is 14.2. The van der Waals surface area contributed by atoms with Gasteiger partial charge in [-0.3, -0.25) is 9.69 Å². The summed E-state index contributed by atoms with van der Waals surface area (Å²) in [4.78, 5) is 20.0. The van der Waals surface area contributed by atoms with Gasteiger partial charge in [-0.1, -0.05) is 12.1 Å². The van der Waals surface area contributed by atoms with Crippen LogP contribution in [-0.2, 0) is 17.9 Å². The number of nitrogens with one attached hydrogen (secondary N) is 1. The van der Waals surface area contributed by atoms with Gasteiger partial charge in [-0.15, -0.1) is 0 Å². The maximum absolute atomic E-state index is 12.8. The number of piperidine rings is 1. The molecule has 1 fully saturated rings. The molecule has 6 nitrogen and oxygen atoms in total. The molecule has 1 aromatic heterocycles. The fraction of sp³-hybridized carbons (Fsp3) is 0.391. The van der Waals surface area contributed by atoms with Crippen molar-refractivity contribution < 1.29 is 9.53 Å². The Bertz CT molecular complexity index is 980. The van der Waals surface area contributed by atoms with E-state index in [0.29, 0.717) is 0 Å². The molecule has 6 heteroatoms. The fourth-order valence-electron chi connectivity index (χ4n) is 4.13. The minimum Gasteiger partial charge on any atom is -0.497 e. The molecule has 1 amide bonds. The first-order valence-corrected chi connectivity index (χ1v) is 10.3. The van der Waals surface area contributed by atoms with Crippen LogP contribution in [0.15, 0.2) is 48.5 Å². The number of para-hydroxylation sites is 2. The van der Waals surface area contributed by atoms with Crippen molar-refractivity contribution in [2.24, 2.45) is 5.92 Å². The molecule has 152 valence electrons. The van der Waals surface area contributed by atoms with E-state index < -0.39 is 0 Å². The molecular weight excluding hydrogens is 364 g/mol. The summed E-state index contributed by atoms with van der Waals surface area (Å²) in [5.74, 6) is 1.93.